The number of carbonyl (C=O) groups excluding carboxylic acids is 2. The number of anilines is 2. The van der Waals surface area contributed by atoms with E-state index in [1.807, 2.05) is 20.8 Å². The normalized spacial score (nSPS) is 10.9. The van der Waals surface area contributed by atoms with Crippen LogP contribution in [0.3, 0.4) is 0 Å². The Morgan fingerprint density at radius 1 is 1.25 bits per heavy atom. The molecule has 6 heteroatoms. The van der Waals surface area contributed by atoms with Crippen molar-refractivity contribution in [3.8, 4) is 0 Å². The van der Waals surface area contributed by atoms with Crippen LogP contribution in [0.15, 0.2) is 18.2 Å². The van der Waals surface area contributed by atoms with Crippen molar-refractivity contribution in [2.24, 2.45) is 5.73 Å². The van der Waals surface area contributed by atoms with Crippen LogP contribution < -0.4 is 22.1 Å². The maximum absolute atomic E-state index is 11.7. The van der Waals surface area contributed by atoms with Gasteiger partial charge in [-0.3, -0.25) is 9.59 Å². The Balaban J connectivity index is 2.56. The molecule has 0 aliphatic rings. The van der Waals surface area contributed by atoms with Crippen LogP contribution in [0.4, 0.5) is 11.4 Å². The second kappa shape index (κ2) is 6.27. The highest BCUT2D eigenvalue weighted by atomic mass is 16.2. The van der Waals surface area contributed by atoms with Crippen molar-refractivity contribution < 1.29 is 9.59 Å². The Morgan fingerprint density at radius 2 is 1.90 bits per heavy atom. The maximum atomic E-state index is 11.7. The van der Waals surface area contributed by atoms with Crippen LogP contribution in [-0.2, 0) is 4.79 Å². The molecule has 0 heterocycles. The summed E-state index contributed by atoms with van der Waals surface area (Å²) < 4.78 is 0. The summed E-state index contributed by atoms with van der Waals surface area (Å²) in [5, 5.41) is 5.90. The van der Waals surface area contributed by atoms with E-state index in [1.54, 1.807) is 18.2 Å². The van der Waals surface area contributed by atoms with E-state index in [-0.39, 0.29) is 11.4 Å². The van der Waals surface area contributed by atoms with E-state index < -0.39 is 5.91 Å². The lowest BCUT2D eigenvalue weighted by molar-refractivity contribution is -0.122. The lowest BCUT2D eigenvalue weighted by Gasteiger charge is -2.20. The SMILES string of the molecule is CC(C)(C)NC(=O)CCNc1cc(C(N)=O)ccc1N. The number of benzene rings is 1. The highest BCUT2D eigenvalue weighted by molar-refractivity contribution is 5.95. The van der Waals surface area contributed by atoms with Crippen molar-refractivity contribution >= 4 is 23.2 Å². The van der Waals surface area contributed by atoms with Gasteiger partial charge in [-0.15, -0.1) is 0 Å². The fourth-order valence-corrected chi connectivity index (χ4v) is 1.65. The van der Waals surface area contributed by atoms with Gasteiger partial charge in [-0.1, -0.05) is 0 Å². The second-order valence-corrected chi connectivity index (χ2v) is 5.64. The third-order valence-corrected chi connectivity index (χ3v) is 2.52. The van der Waals surface area contributed by atoms with Crippen LogP contribution in [0.25, 0.3) is 0 Å². The van der Waals surface area contributed by atoms with Crippen molar-refractivity contribution in [1.82, 2.24) is 5.32 Å². The predicted octanol–water partition coefficient (Wildman–Crippen LogP) is 1.08. The number of rotatable bonds is 5. The highest BCUT2D eigenvalue weighted by Crippen LogP contribution is 2.19. The molecule has 6 N–H and O–H groups in total. The van der Waals surface area contributed by atoms with Gasteiger partial charge < -0.3 is 22.1 Å². The molecule has 0 atom stereocenters. The molecule has 1 rings (SSSR count). The molecule has 110 valence electrons. The van der Waals surface area contributed by atoms with Gasteiger partial charge in [0.15, 0.2) is 0 Å². The summed E-state index contributed by atoms with van der Waals surface area (Å²) in [4.78, 5) is 22.7. The number of nitrogens with two attached hydrogens (primary N) is 2. The summed E-state index contributed by atoms with van der Waals surface area (Å²) in [5.41, 5.74) is 12.2. The molecule has 2 amide bonds. The van der Waals surface area contributed by atoms with E-state index in [0.717, 1.165) is 0 Å². The molecule has 0 aliphatic carbocycles. The highest BCUT2D eigenvalue weighted by Gasteiger charge is 2.13. The van der Waals surface area contributed by atoms with Crippen molar-refractivity contribution in [2.45, 2.75) is 32.7 Å². The van der Waals surface area contributed by atoms with Gasteiger partial charge in [0, 0.05) is 24.1 Å². The van der Waals surface area contributed by atoms with Crippen LogP contribution in [0.1, 0.15) is 37.6 Å². The predicted molar refractivity (Wildman–Crippen MR) is 80.4 cm³/mol. The zero-order valence-corrected chi connectivity index (χ0v) is 12.1. The summed E-state index contributed by atoms with van der Waals surface area (Å²) >= 11 is 0. The molecule has 0 bridgehead atoms. The Kier molecular flexibility index (Phi) is 4.96. The van der Waals surface area contributed by atoms with E-state index in [0.29, 0.717) is 29.9 Å². The minimum absolute atomic E-state index is 0.0466. The fourth-order valence-electron chi connectivity index (χ4n) is 1.65. The van der Waals surface area contributed by atoms with Crippen molar-refractivity contribution in [3.05, 3.63) is 23.8 Å². The summed E-state index contributed by atoms with van der Waals surface area (Å²) in [6.45, 7) is 6.19. The first-order valence-electron chi connectivity index (χ1n) is 6.43. The van der Waals surface area contributed by atoms with Gasteiger partial charge >= 0.3 is 0 Å². The molecular formula is C14H22N4O2. The zero-order valence-electron chi connectivity index (χ0n) is 12.1. The molecule has 0 saturated heterocycles. The number of hydrogen-bond donors (Lipinski definition) is 4. The lowest BCUT2D eigenvalue weighted by atomic mass is 10.1. The minimum Gasteiger partial charge on any atom is -0.397 e. The first-order valence-corrected chi connectivity index (χ1v) is 6.43. The van der Waals surface area contributed by atoms with Gasteiger partial charge in [0.05, 0.1) is 11.4 Å². The third kappa shape index (κ3) is 5.17. The van der Waals surface area contributed by atoms with Crippen molar-refractivity contribution in [1.29, 1.82) is 0 Å². The molecule has 0 saturated carbocycles. The largest absolute Gasteiger partial charge is 0.397 e. The zero-order chi connectivity index (χ0) is 15.3. The smallest absolute Gasteiger partial charge is 0.248 e. The van der Waals surface area contributed by atoms with Gasteiger partial charge in [0.2, 0.25) is 11.8 Å². The van der Waals surface area contributed by atoms with Gasteiger partial charge in [-0.05, 0) is 39.0 Å². The minimum atomic E-state index is -0.515. The molecule has 0 aliphatic heterocycles. The quantitative estimate of drug-likeness (QED) is 0.604. The molecule has 6 nitrogen and oxygen atoms in total. The average molecular weight is 278 g/mol. The molecule has 1 aromatic carbocycles. The van der Waals surface area contributed by atoms with Gasteiger partial charge in [0.1, 0.15) is 0 Å². The molecule has 1 aromatic rings. The molecule has 0 radical (unpaired) electrons. The van der Waals surface area contributed by atoms with E-state index in [1.165, 1.54) is 0 Å². The number of amides is 2. The number of nitrogens with one attached hydrogen (secondary N) is 2. The van der Waals surface area contributed by atoms with E-state index in [4.69, 9.17) is 11.5 Å². The number of carbonyl (C=O) groups is 2. The van der Waals surface area contributed by atoms with Gasteiger partial charge in [-0.25, -0.2) is 0 Å². The molecule has 20 heavy (non-hydrogen) atoms. The van der Waals surface area contributed by atoms with E-state index >= 15 is 0 Å². The van der Waals surface area contributed by atoms with Crippen LogP contribution in [0.5, 0.6) is 0 Å². The van der Waals surface area contributed by atoms with Crippen LogP contribution in [0, 0.1) is 0 Å². The molecule has 0 fully saturated rings. The first kappa shape index (κ1) is 15.8. The monoisotopic (exact) mass is 278 g/mol. The van der Waals surface area contributed by atoms with Crippen LogP contribution >= 0.6 is 0 Å². The number of hydrogen-bond acceptors (Lipinski definition) is 4. The first-order chi connectivity index (χ1) is 9.19. The summed E-state index contributed by atoms with van der Waals surface area (Å²) in [5.74, 6) is -0.562. The standard InChI is InChI=1S/C14H22N4O2/c1-14(2,3)18-12(19)6-7-17-11-8-9(13(16)20)4-5-10(11)15/h4-5,8,17H,6-7,15H2,1-3H3,(H2,16,20)(H,18,19). The topological polar surface area (TPSA) is 110 Å². The van der Waals surface area contributed by atoms with Gasteiger partial charge in [-0.2, -0.15) is 0 Å². The maximum Gasteiger partial charge on any atom is 0.248 e. The Morgan fingerprint density at radius 3 is 2.45 bits per heavy atom. The Labute approximate surface area is 118 Å². The van der Waals surface area contributed by atoms with Crippen molar-refractivity contribution in [3.63, 3.8) is 0 Å². The van der Waals surface area contributed by atoms with Gasteiger partial charge in [0.25, 0.3) is 0 Å². The Hall–Kier alpha value is -2.24. The number of primary amides is 1. The molecule has 0 spiro atoms. The number of nitrogen functional groups attached to an aromatic ring is 1. The second-order valence-electron chi connectivity index (χ2n) is 5.64. The third-order valence-electron chi connectivity index (χ3n) is 2.52. The molecule has 0 aromatic heterocycles. The summed E-state index contributed by atoms with van der Waals surface area (Å²) in [6.07, 6.45) is 0.317. The molecular weight excluding hydrogens is 256 g/mol. The summed E-state index contributed by atoms with van der Waals surface area (Å²) in [6, 6.07) is 4.76. The Bertz CT molecular complexity index is 506. The average Bonchev–Trinajstić information content (AvgIpc) is 2.28. The fraction of sp³-hybridized carbons (Fsp3) is 0.429. The summed E-state index contributed by atoms with van der Waals surface area (Å²) in [7, 11) is 0. The molecule has 0 unspecified atom stereocenters. The van der Waals surface area contributed by atoms with E-state index in [2.05, 4.69) is 10.6 Å². The van der Waals surface area contributed by atoms with Crippen molar-refractivity contribution in [2.75, 3.05) is 17.6 Å². The van der Waals surface area contributed by atoms with Crippen LogP contribution in [0.2, 0.25) is 0 Å². The lowest BCUT2D eigenvalue weighted by Crippen LogP contribution is -2.41. The van der Waals surface area contributed by atoms with Crippen LogP contribution in [-0.4, -0.2) is 23.9 Å². The van der Waals surface area contributed by atoms with E-state index in [9.17, 15) is 9.59 Å².